The second kappa shape index (κ2) is 10.6. The molecule has 1 aliphatic heterocycles. The smallest absolute Gasteiger partial charge is 0.234 e. The standard InChI is InChI=1S/C23H34N6O2/c1-16(2)29-10-7-17(8-11-29)25-23-18-13-20(30-5)21(31-12-6-9-28(3)4)14-19(18)26-22(15-24)27-23/h13-14,16-17H,6-12H2,1-5H3,(H,25,26,27). The predicted octanol–water partition coefficient (Wildman–Crippen LogP) is 3.13. The van der Waals surface area contributed by atoms with E-state index < -0.39 is 0 Å². The Kier molecular flexibility index (Phi) is 7.88. The van der Waals surface area contributed by atoms with Gasteiger partial charge in [0, 0.05) is 43.2 Å². The molecule has 0 atom stereocenters. The van der Waals surface area contributed by atoms with Crippen LogP contribution in [0.3, 0.4) is 0 Å². The number of benzene rings is 1. The van der Waals surface area contributed by atoms with E-state index in [0.717, 1.165) is 44.3 Å². The van der Waals surface area contributed by atoms with Crippen molar-refractivity contribution in [1.29, 1.82) is 5.26 Å². The van der Waals surface area contributed by atoms with Gasteiger partial charge in [0.05, 0.1) is 19.2 Å². The number of likely N-dealkylation sites (tertiary alicyclic amines) is 1. The van der Waals surface area contributed by atoms with Crippen molar-refractivity contribution in [2.45, 2.75) is 45.2 Å². The molecule has 1 aliphatic rings. The number of rotatable bonds is 9. The summed E-state index contributed by atoms with van der Waals surface area (Å²) in [5.41, 5.74) is 0.678. The van der Waals surface area contributed by atoms with Crippen LogP contribution in [0.2, 0.25) is 0 Å². The molecule has 168 valence electrons. The van der Waals surface area contributed by atoms with Gasteiger partial charge in [-0.3, -0.25) is 0 Å². The van der Waals surface area contributed by atoms with Crippen molar-refractivity contribution in [2.24, 2.45) is 0 Å². The number of hydrogen-bond acceptors (Lipinski definition) is 8. The number of hydrogen-bond donors (Lipinski definition) is 1. The number of nitrogens with zero attached hydrogens (tertiary/aromatic N) is 5. The molecule has 1 aromatic carbocycles. The Morgan fingerprint density at radius 3 is 2.58 bits per heavy atom. The van der Waals surface area contributed by atoms with Crippen molar-refractivity contribution in [3.05, 3.63) is 18.0 Å². The number of fused-ring (bicyclic) bond motifs is 1. The third kappa shape index (κ3) is 5.96. The molecule has 0 spiro atoms. The van der Waals surface area contributed by atoms with Crippen LogP contribution in [0, 0.1) is 11.3 Å². The minimum absolute atomic E-state index is 0.151. The highest BCUT2D eigenvalue weighted by atomic mass is 16.5. The van der Waals surface area contributed by atoms with Crippen molar-refractivity contribution >= 4 is 16.7 Å². The zero-order chi connectivity index (χ0) is 22.4. The van der Waals surface area contributed by atoms with E-state index in [4.69, 9.17) is 9.47 Å². The van der Waals surface area contributed by atoms with E-state index in [0.29, 0.717) is 41.5 Å². The van der Waals surface area contributed by atoms with Gasteiger partial charge in [0.2, 0.25) is 5.82 Å². The first-order chi connectivity index (χ1) is 14.9. The molecule has 0 saturated carbocycles. The maximum Gasteiger partial charge on any atom is 0.234 e. The highest BCUT2D eigenvalue weighted by Crippen LogP contribution is 2.35. The van der Waals surface area contributed by atoms with Crippen LogP contribution < -0.4 is 14.8 Å². The quantitative estimate of drug-likeness (QED) is 0.612. The van der Waals surface area contributed by atoms with Gasteiger partial charge in [-0.25, -0.2) is 9.97 Å². The average molecular weight is 427 g/mol. The van der Waals surface area contributed by atoms with E-state index in [1.165, 1.54) is 0 Å². The van der Waals surface area contributed by atoms with E-state index in [-0.39, 0.29) is 5.82 Å². The van der Waals surface area contributed by atoms with Gasteiger partial charge in [-0.1, -0.05) is 0 Å². The summed E-state index contributed by atoms with van der Waals surface area (Å²) < 4.78 is 11.5. The van der Waals surface area contributed by atoms with Crippen LogP contribution in [0.4, 0.5) is 5.82 Å². The van der Waals surface area contributed by atoms with Crippen molar-refractivity contribution < 1.29 is 9.47 Å². The summed E-state index contributed by atoms with van der Waals surface area (Å²) >= 11 is 0. The molecular formula is C23H34N6O2. The summed E-state index contributed by atoms with van der Waals surface area (Å²) in [4.78, 5) is 13.5. The molecule has 3 rings (SSSR count). The fraction of sp³-hybridized carbons (Fsp3) is 0.609. The molecule has 0 unspecified atom stereocenters. The molecule has 0 bridgehead atoms. The van der Waals surface area contributed by atoms with Crippen LogP contribution in [0.25, 0.3) is 10.9 Å². The Hall–Kier alpha value is -2.63. The molecule has 0 amide bonds. The number of anilines is 1. The largest absolute Gasteiger partial charge is 0.493 e. The fourth-order valence-electron chi connectivity index (χ4n) is 3.89. The lowest BCUT2D eigenvalue weighted by molar-refractivity contribution is 0.177. The topological polar surface area (TPSA) is 86.5 Å². The van der Waals surface area contributed by atoms with E-state index >= 15 is 0 Å². The molecule has 0 radical (unpaired) electrons. The Balaban J connectivity index is 1.83. The Morgan fingerprint density at radius 2 is 1.97 bits per heavy atom. The number of methoxy groups -OCH3 is 1. The number of piperidine rings is 1. The highest BCUT2D eigenvalue weighted by molar-refractivity contribution is 5.92. The van der Waals surface area contributed by atoms with Gasteiger partial charge in [0.25, 0.3) is 0 Å². The molecule has 0 aliphatic carbocycles. The van der Waals surface area contributed by atoms with Crippen LogP contribution in [0.1, 0.15) is 38.9 Å². The van der Waals surface area contributed by atoms with Gasteiger partial charge in [-0.15, -0.1) is 0 Å². The Bertz CT molecular complexity index is 916. The molecule has 1 saturated heterocycles. The third-order valence-electron chi connectivity index (χ3n) is 5.69. The van der Waals surface area contributed by atoms with Crippen molar-refractivity contribution in [1.82, 2.24) is 19.8 Å². The average Bonchev–Trinajstić information content (AvgIpc) is 2.76. The molecule has 31 heavy (non-hydrogen) atoms. The van der Waals surface area contributed by atoms with Gasteiger partial charge in [-0.05, 0) is 53.3 Å². The van der Waals surface area contributed by atoms with Crippen LogP contribution in [-0.2, 0) is 0 Å². The van der Waals surface area contributed by atoms with Gasteiger partial charge in [0.1, 0.15) is 11.9 Å². The maximum atomic E-state index is 9.45. The van der Waals surface area contributed by atoms with Gasteiger partial charge in [-0.2, -0.15) is 5.26 Å². The predicted molar refractivity (Wildman–Crippen MR) is 123 cm³/mol. The number of nitriles is 1. The lowest BCUT2D eigenvalue weighted by Crippen LogP contribution is -2.42. The van der Waals surface area contributed by atoms with E-state index in [1.807, 2.05) is 26.2 Å². The third-order valence-corrected chi connectivity index (χ3v) is 5.69. The summed E-state index contributed by atoms with van der Waals surface area (Å²) in [5, 5.41) is 13.8. The molecule has 2 heterocycles. The SMILES string of the molecule is COc1cc2c(NC3CCN(C(C)C)CC3)nc(C#N)nc2cc1OCCCN(C)C. The first-order valence-electron chi connectivity index (χ1n) is 11.0. The normalized spacial score (nSPS) is 15.4. The first-order valence-corrected chi connectivity index (χ1v) is 11.0. The van der Waals surface area contributed by atoms with E-state index in [2.05, 4.69) is 45.0 Å². The van der Waals surface area contributed by atoms with Crippen LogP contribution in [0.15, 0.2) is 12.1 Å². The van der Waals surface area contributed by atoms with E-state index in [1.54, 1.807) is 7.11 Å². The maximum absolute atomic E-state index is 9.45. The monoisotopic (exact) mass is 426 g/mol. The van der Waals surface area contributed by atoms with E-state index in [9.17, 15) is 5.26 Å². The summed E-state index contributed by atoms with van der Waals surface area (Å²) in [6, 6.07) is 6.71. The molecular weight excluding hydrogens is 392 g/mol. The molecule has 2 aromatic rings. The lowest BCUT2D eigenvalue weighted by atomic mass is 10.0. The number of ether oxygens (including phenoxy) is 2. The first kappa shape index (κ1) is 23.0. The lowest BCUT2D eigenvalue weighted by Gasteiger charge is -2.35. The second-order valence-electron chi connectivity index (χ2n) is 8.58. The van der Waals surface area contributed by atoms with Gasteiger partial charge < -0.3 is 24.6 Å². The summed E-state index contributed by atoms with van der Waals surface area (Å²) in [7, 11) is 5.71. The molecule has 8 heteroatoms. The molecule has 1 fully saturated rings. The summed E-state index contributed by atoms with van der Waals surface area (Å²) in [6.07, 6.45) is 2.98. The van der Waals surface area contributed by atoms with Crippen molar-refractivity contribution in [3.63, 3.8) is 0 Å². The summed E-state index contributed by atoms with van der Waals surface area (Å²) in [6.45, 7) is 8.10. The number of aromatic nitrogens is 2. The Labute approximate surface area is 185 Å². The van der Waals surface area contributed by atoms with Gasteiger partial charge in [0.15, 0.2) is 11.5 Å². The molecule has 1 aromatic heterocycles. The molecule has 1 N–H and O–H groups in total. The zero-order valence-electron chi connectivity index (χ0n) is 19.3. The molecule has 8 nitrogen and oxygen atoms in total. The second-order valence-corrected chi connectivity index (χ2v) is 8.58. The highest BCUT2D eigenvalue weighted by Gasteiger charge is 2.22. The fourth-order valence-corrected chi connectivity index (χ4v) is 3.89. The zero-order valence-corrected chi connectivity index (χ0v) is 19.3. The Morgan fingerprint density at radius 1 is 1.23 bits per heavy atom. The van der Waals surface area contributed by atoms with Crippen LogP contribution >= 0.6 is 0 Å². The minimum Gasteiger partial charge on any atom is -0.493 e. The summed E-state index contributed by atoms with van der Waals surface area (Å²) in [5.74, 6) is 2.11. The number of nitrogens with one attached hydrogen (secondary N) is 1. The van der Waals surface area contributed by atoms with Crippen LogP contribution in [-0.4, -0.2) is 79.3 Å². The van der Waals surface area contributed by atoms with Gasteiger partial charge >= 0.3 is 0 Å². The van der Waals surface area contributed by atoms with Crippen molar-refractivity contribution in [3.8, 4) is 17.6 Å². The van der Waals surface area contributed by atoms with Crippen molar-refractivity contribution in [2.75, 3.05) is 52.8 Å². The van der Waals surface area contributed by atoms with Crippen LogP contribution in [0.5, 0.6) is 11.5 Å². The minimum atomic E-state index is 0.151.